The molecule has 28 heteroatoms. The molecule has 16 atom stereocenters. The van der Waals surface area contributed by atoms with Gasteiger partial charge in [-0.25, -0.2) is 0 Å². The van der Waals surface area contributed by atoms with Crippen molar-refractivity contribution in [3.63, 3.8) is 0 Å². The summed E-state index contributed by atoms with van der Waals surface area (Å²) < 4.78 is 0. The lowest BCUT2D eigenvalue weighted by molar-refractivity contribution is -0.124. The molecular formula is C114H156Cl4N20O4. The van der Waals surface area contributed by atoms with Crippen LogP contribution in [0.25, 0.3) is 0 Å². The Morgan fingerprint density at radius 3 is 0.768 bits per heavy atom. The van der Waals surface area contributed by atoms with Crippen molar-refractivity contribution in [3.8, 4) is 0 Å². The van der Waals surface area contributed by atoms with Gasteiger partial charge in [0.2, 0.25) is 24.2 Å². The molecular weight excluding hydrogens is 1860 g/mol. The highest BCUT2D eigenvalue weighted by atomic mass is 35.5. The summed E-state index contributed by atoms with van der Waals surface area (Å²) in [4.78, 5) is 72.3. The minimum Gasteiger partial charge on any atom is -0.385 e. The van der Waals surface area contributed by atoms with E-state index in [1.807, 2.05) is 187 Å². The monoisotopic (exact) mass is 2010 g/mol. The molecule has 8 aromatic rings. The molecule has 8 aromatic carbocycles. The van der Waals surface area contributed by atoms with Gasteiger partial charge in [-0.1, -0.05) is 279 Å². The maximum absolute atomic E-state index is 13.6. The third-order valence-electron chi connectivity index (χ3n) is 31.7. The number of amidine groups is 4. The number of aliphatic imine (C=N–C) groups is 4. The maximum Gasteiger partial charge on any atom is 0.254 e. The van der Waals surface area contributed by atoms with Crippen molar-refractivity contribution in [2.45, 2.75) is 306 Å². The molecule has 8 bridgehead atoms. The minimum atomic E-state index is -1.00. The van der Waals surface area contributed by atoms with Crippen molar-refractivity contribution in [1.29, 1.82) is 0 Å². The van der Waals surface area contributed by atoms with E-state index >= 15 is 0 Å². The maximum atomic E-state index is 13.6. The Kier molecular flexibility index (Phi) is 38.5. The number of fused-ring (bicyclic) bond motifs is 8. The molecule has 8 fully saturated rings. The second-order valence-corrected chi connectivity index (χ2v) is 45.3. The minimum absolute atomic E-state index is 0. The van der Waals surface area contributed by atoms with Crippen molar-refractivity contribution < 1.29 is 19.2 Å². The summed E-state index contributed by atoms with van der Waals surface area (Å²) in [6.45, 7) is 40.6. The molecule has 12 N–H and O–H groups in total. The van der Waals surface area contributed by atoms with Crippen LogP contribution in [0.3, 0.4) is 0 Å². The normalized spacial score (nSPS) is 25.7. The van der Waals surface area contributed by atoms with E-state index in [2.05, 4.69) is 165 Å². The standard InChI is InChI=1S/2C28H36ClN5O.2C27H34ClN5O.4CH4/c1-17-6-9-21(10-7-17)33-34-23(24(30)31-16-19-8-11-22(29)18(2)14-19)25(35)32-26-27(3,4)20-12-13-28(26,5)15-20;1-17-6-8-19(9-7-17)16-31-24(30)23(34-33-21-10-11-22(29)18(2)14-21)25(35)32-26-27(3,4)20-12-13-28(26,5)15-20;1-17-5-11-21(12-6-17)32-33-22(23(29)30-16-18-7-9-20(28)10-8-18)24(34)31-25-26(2,3)19-13-14-27(25,4)15-19;1-17-5-7-18(8-6-17)16-30-23(29)22(33-32-21-11-9-20(28)10-12-21)24(34)31-25-26(2,3)19-13-14-27(25,4)15-19;;;;/h2*6-11,14,20,23,26H,12-13,15-16H2,1-5H3,(H2,30,31)(H,32,35);2*5-12,19,22,25H,13-16H2,1-4H3,(H2,29,30)(H,31,34);4*1H4. The van der Waals surface area contributed by atoms with E-state index in [4.69, 9.17) is 69.3 Å². The first kappa shape index (κ1) is 115. The van der Waals surface area contributed by atoms with Gasteiger partial charge in [-0.15, -0.1) is 0 Å². The van der Waals surface area contributed by atoms with Crippen LogP contribution in [0, 0.1) is 109 Å². The second-order valence-electron chi connectivity index (χ2n) is 43.6. The zero-order valence-electron chi connectivity index (χ0n) is 83.4. The van der Waals surface area contributed by atoms with Crippen LogP contribution in [0.4, 0.5) is 22.7 Å². The molecule has 0 aliphatic heterocycles. The van der Waals surface area contributed by atoms with Crippen molar-refractivity contribution >= 4 is 116 Å². The number of nitrogens with one attached hydrogen (secondary N) is 4. The number of halogens is 4. The summed E-state index contributed by atoms with van der Waals surface area (Å²) in [5, 5.41) is 50.6. The van der Waals surface area contributed by atoms with E-state index in [0.717, 1.165) is 95.9 Å². The Morgan fingerprint density at radius 2 is 0.514 bits per heavy atom. The number of hydrogen-bond acceptors (Lipinski definition) is 16. The molecule has 0 aromatic heterocycles. The van der Waals surface area contributed by atoms with Crippen molar-refractivity contribution in [1.82, 2.24) is 21.3 Å². The number of amides is 4. The largest absolute Gasteiger partial charge is 0.385 e. The van der Waals surface area contributed by atoms with Gasteiger partial charge in [-0.2, -0.15) is 40.9 Å². The van der Waals surface area contributed by atoms with E-state index in [9.17, 15) is 19.2 Å². The number of nitrogens with two attached hydrogens (primary N) is 4. The van der Waals surface area contributed by atoms with Gasteiger partial charge in [0.15, 0.2) is 0 Å². The van der Waals surface area contributed by atoms with Gasteiger partial charge in [-0.3, -0.25) is 39.1 Å². The van der Waals surface area contributed by atoms with Crippen molar-refractivity contribution in [3.05, 3.63) is 258 Å². The molecule has 16 rings (SSSR count). The van der Waals surface area contributed by atoms with Crippen LogP contribution in [-0.2, 0) is 45.4 Å². The van der Waals surface area contributed by atoms with E-state index in [1.54, 1.807) is 36.4 Å². The van der Waals surface area contributed by atoms with E-state index < -0.39 is 24.2 Å². The highest BCUT2D eigenvalue weighted by Gasteiger charge is 2.64. The van der Waals surface area contributed by atoms with Crippen LogP contribution in [0.2, 0.25) is 20.1 Å². The van der Waals surface area contributed by atoms with E-state index in [1.165, 1.54) is 36.8 Å². The number of aryl methyl sites for hydroxylation is 6. The summed E-state index contributed by atoms with van der Waals surface area (Å²) in [5.74, 6) is 2.06. The molecule has 16 unspecified atom stereocenters. The van der Waals surface area contributed by atoms with Gasteiger partial charge in [0.05, 0.1) is 48.9 Å². The Morgan fingerprint density at radius 1 is 0.303 bits per heavy atom. The first-order chi connectivity index (χ1) is 65.1. The fourth-order valence-electron chi connectivity index (χ4n) is 23.3. The van der Waals surface area contributed by atoms with Crippen LogP contribution < -0.4 is 44.2 Å². The SMILES string of the molecule is C.C.C.C.Cc1ccc(CN=C(N)C(N=Nc2ccc(Cl)c(C)c2)C(=O)NC2C3(C)CCC(C3)C2(C)C)cc1.Cc1ccc(CN=C(N)C(N=Nc2ccc(Cl)cc2)C(=O)NC2C3(C)CCC(C3)C2(C)C)cc1.Cc1ccc(N=NC(C(=O)NC2C3(C)CCC(C3)C2(C)C)C(N)=NCc2ccc(Cl)c(C)c2)cc1.Cc1ccc(N=NC(C(=O)NC2C3(C)CCC(C3)C2(C)C)C(N)=NCc2ccc(Cl)cc2)cc1. The zero-order valence-corrected chi connectivity index (χ0v) is 86.4. The van der Waals surface area contributed by atoms with Gasteiger partial charge in [0, 0.05) is 44.3 Å². The average Bonchev–Trinajstić information content (AvgIpc) is 1.58. The number of azo groups is 4. The molecule has 4 amide bonds. The zero-order chi connectivity index (χ0) is 99.8. The van der Waals surface area contributed by atoms with Crippen LogP contribution in [0.1, 0.15) is 245 Å². The number of rotatable bonds is 28. The molecule has 8 aliphatic carbocycles. The summed E-state index contributed by atoms with van der Waals surface area (Å²) in [6.07, 6.45) is 13.9. The van der Waals surface area contributed by atoms with Gasteiger partial charge in [0.25, 0.3) is 23.6 Å². The van der Waals surface area contributed by atoms with Crippen LogP contribution in [0.5, 0.6) is 0 Å². The Labute approximate surface area is 865 Å². The van der Waals surface area contributed by atoms with Crippen LogP contribution in [-0.4, -0.2) is 95.3 Å². The summed E-state index contributed by atoms with van der Waals surface area (Å²) in [6, 6.07) is 53.2. The molecule has 0 radical (unpaired) electrons. The van der Waals surface area contributed by atoms with Gasteiger partial charge >= 0.3 is 0 Å². The lowest BCUT2D eigenvalue weighted by Gasteiger charge is -2.43. The van der Waals surface area contributed by atoms with Gasteiger partial charge in [0.1, 0.15) is 23.3 Å². The molecule has 8 saturated carbocycles. The molecule has 764 valence electrons. The number of carbonyl (C=O) groups is 4. The first-order valence-corrected chi connectivity index (χ1v) is 50.0. The second kappa shape index (κ2) is 47.7. The lowest BCUT2D eigenvalue weighted by atomic mass is 9.68. The van der Waals surface area contributed by atoms with Crippen LogP contribution in [0.15, 0.2) is 243 Å². The quantitative estimate of drug-likeness (QED) is 0.0132. The number of hydrogen-bond donors (Lipinski definition) is 8. The first-order valence-electron chi connectivity index (χ1n) is 48.5. The average molecular weight is 2010 g/mol. The number of benzene rings is 8. The van der Waals surface area contributed by atoms with Crippen molar-refractivity contribution in [2.75, 3.05) is 0 Å². The van der Waals surface area contributed by atoms with E-state index in [0.29, 0.717) is 92.7 Å². The Hall–Kier alpha value is -10.9. The highest BCUT2D eigenvalue weighted by Crippen LogP contribution is 2.66. The molecule has 8 aliphatic rings. The summed E-state index contributed by atoms with van der Waals surface area (Å²) >= 11 is 24.2. The fourth-order valence-corrected chi connectivity index (χ4v) is 23.8. The third-order valence-corrected chi connectivity index (χ3v) is 33.0. The lowest BCUT2D eigenvalue weighted by Crippen LogP contribution is -2.56. The fraction of sp³-hybridized carbons (Fsp3) is 0.509. The van der Waals surface area contributed by atoms with Crippen molar-refractivity contribution in [2.24, 2.45) is 151 Å². The molecule has 0 heterocycles. The molecule has 0 saturated heterocycles. The Balaban J connectivity index is 0.000000209. The highest BCUT2D eigenvalue weighted by molar-refractivity contribution is 6.32. The molecule has 142 heavy (non-hydrogen) atoms. The predicted molar refractivity (Wildman–Crippen MR) is 586 cm³/mol. The van der Waals surface area contributed by atoms with Gasteiger partial charge in [-0.05, 0) is 304 Å². The topological polar surface area (TPSA) is 369 Å². The number of carbonyl (C=O) groups excluding carboxylic acids is 4. The van der Waals surface area contributed by atoms with Crippen LogP contribution >= 0.6 is 46.4 Å². The summed E-state index contributed by atoms with van der Waals surface area (Å²) in [7, 11) is 0. The Bertz CT molecular complexity index is 5740. The number of nitrogens with zero attached hydrogens (tertiary/aromatic N) is 12. The molecule has 0 spiro atoms. The van der Waals surface area contributed by atoms with Gasteiger partial charge < -0.3 is 44.2 Å². The molecule has 24 nitrogen and oxygen atoms in total. The summed E-state index contributed by atoms with van der Waals surface area (Å²) in [5.41, 5.74) is 38.9. The third kappa shape index (κ3) is 27.2. The smallest absolute Gasteiger partial charge is 0.254 e. The predicted octanol–water partition coefficient (Wildman–Crippen LogP) is 27.1. The van der Waals surface area contributed by atoms with E-state index in [-0.39, 0.29) is 144 Å².